The quantitative estimate of drug-likeness (QED) is 0.186. The molecule has 1 aromatic rings. The number of amides is 1. The molecule has 3 N–H and O–H groups in total. The van der Waals surface area contributed by atoms with Crippen LogP contribution in [0, 0.1) is 93.2 Å². The summed E-state index contributed by atoms with van der Waals surface area (Å²) < 4.78 is 12.5. The van der Waals surface area contributed by atoms with Gasteiger partial charge in [0.15, 0.2) is 0 Å². The molecule has 10 heteroatoms. The molecule has 0 bridgehead atoms. The predicted octanol–water partition coefficient (Wildman–Crippen LogP) is 9.50. The van der Waals surface area contributed by atoms with Crippen LogP contribution in [0.1, 0.15) is 176 Å². The first kappa shape index (κ1) is 42.8. The van der Waals surface area contributed by atoms with Crippen LogP contribution in [0.15, 0.2) is 4.42 Å². The van der Waals surface area contributed by atoms with E-state index in [-0.39, 0.29) is 69.0 Å². The Balaban J connectivity index is 0.988. The number of carboxylic acid groups (broad SMARTS) is 1. The van der Waals surface area contributed by atoms with Crippen LogP contribution in [0.4, 0.5) is 0 Å². The number of esters is 1. The first-order valence-corrected chi connectivity index (χ1v) is 24.5. The van der Waals surface area contributed by atoms with Gasteiger partial charge in [-0.05, 0) is 153 Å². The summed E-state index contributed by atoms with van der Waals surface area (Å²) in [4.78, 5) is 40.7. The van der Waals surface area contributed by atoms with Crippen molar-refractivity contribution in [3.63, 3.8) is 0 Å². The van der Waals surface area contributed by atoms with E-state index in [1.165, 1.54) is 25.7 Å². The topological polar surface area (TPSA) is 144 Å². The van der Waals surface area contributed by atoms with Crippen molar-refractivity contribution in [3.8, 4) is 0 Å². The average molecular weight is 831 g/mol. The fourth-order valence-electron chi connectivity index (χ4n) is 16.8. The van der Waals surface area contributed by atoms with Crippen molar-refractivity contribution in [1.82, 2.24) is 20.8 Å². The number of nitrogens with one attached hydrogen (secondary N) is 2. The van der Waals surface area contributed by atoms with Crippen molar-refractivity contribution in [2.75, 3.05) is 6.54 Å². The van der Waals surface area contributed by atoms with Crippen molar-refractivity contribution in [2.24, 2.45) is 86.3 Å². The maximum Gasteiger partial charge on any atom is 0.309 e. The van der Waals surface area contributed by atoms with Crippen LogP contribution < -0.4 is 10.6 Å². The second-order valence-corrected chi connectivity index (χ2v) is 24.0. The van der Waals surface area contributed by atoms with Gasteiger partial charge in [-0.3, -0.25) is 14.4 Å². The van der Waals surface area contributed by atoms with Gasteiger partial charge < -0.3 is 24.9 Å². The van der Waals surface area contributed by atoms with Crippen molar-refractivity contribution in [3.05, 3.63) is 11.8 Å². The SMILES string of the molecule is Cc1nnc(C2CC(NC(=O)C34CCCC3C3(NCC5(C)CC5)CCC5C(C)(CCC6C5(C)CCC(OC(=O)C5CC(C(=O)O)C5C)C6(C)C(C)C(C)C)C3CC4)C2C)o1. The normalized spacial score (nSPS) is 48.0. The van der Waals surface area contributed by atoms with Crippen LogP contribution >= 0.6 is 0 Å². The lowest BCUT2D eigenvalue weighted by Gasteiger charge is -2.73. The highest BCUT2D eigenvalue weighted by atomic mass is 16.5. The van der Waals surface area contributed by atoms with Gasteiger partial charge in [0.1, 0.15) is 6.10 Å². The highest BCUT2D eigenvalue weighted by Gasteiger charge is 2.73. The molecule has 334 valence electrons. The summed E-state index contributed by atoms with van der Waals surface area (Å²) >= 11 is 0. The first-order chi connectivity index (χ1) is 28.2. The van der Waals surface area contributed by atoms with Gasteiger partial charge >= 0.3 is 11.9 Å². The zero-order valence-electron chi connectivity index (χ0n) is 38.7. The van der Waals surface area contributed by atoms with Gasteiger partial charge in [0.2, 0.25) is 17.7 Å². The summed E-state index contributed by atoms with van der Waals surface area (Å²) in [6.45, 7) is 24.4. The lowest BCUT2D eigenvalue weighted by molar-refractivity contribution is -0.245. The van der Waals surface area contributed by atoms with E-state index < -0.39 is 11.9 Å². The Morgan fingerprint density at radius 2 is 1.48 bits per heavy atom. The maximum atomic E-state index is 15.0. The zero-order chi connectivity index (χ0) is 42.9. The summed E-state index contributed by atoms with van der Waals surface area (Å²) in [5, 5.41) is 26.2. The third-order valence-electron chi connectivity index (χ3n) is 21.3. The molecular formula is C50H78N4O6. The van der Waals surface area contributed by atoms with E-state index >= 15 is 4.79 Å². The molecule has 17 unspecified atom stereocenters. The Morgan fingerprint density at radius 3 is 2.12 bits per heavy atom. The predicted molar refractivity (Wildman–Crippen MR) is 229 cm³/mol. The minimum Gasteiger partial charge on any atom is -0.481 e. The van der Waals surface area contributed by atoms with Crippen molar-refractivity contribution < 1.29 is 28.6 Å². The van der Waals surface area contributed by atoms with Gasteiger partial charge in [-0.2, -0.15) is 0 Å². The minimum absolute atomic E-state index is 0.0598. The smallest absolute Gasteiger partial charge is 0.309 e. The molecule has 8 aliphatic carbocycles. The van der Waals surface area contributed by atoms with E-state index in [2.05, 4.69) is 76.2 Å². The molecule has 9 rings (SSSR count). The molecule has 10 nitrogen and oxygen atoms in total. The van der Waals surface area contributed by atoms with Crippen molar-refractivity contribution in [1.29, 1.82) is 0 Å². The number of carbonyl (C=O) groups excluding carboxylic acids is 2. The number of fused-ring (bicyclic) bond motifs is 7. The van der Waals surface area contributed by atoms with Crippen LogP contribution in [-0.4, -0.2) is 57.4 Å². The van der Waals surface area contributed by atoms with E-state index in [0.717, 1.165) is 70.8 Å². The Bertz CT molecular complexity index is 1860. The molecule has 1 aromatic heterocycles. The standard InChI is InChI=1S/C50H78N4O6/c1-27(2)30(5)48(10)37-13-18-47(9)36(46(37,8)19-16-40(48)60-43(57)34-24-33(28(34)3)42(55)56)15-21-50(51-26-45(7)22-23-45)38(47)14-20-49(17-11-12-39(49)50)44(58)52-35-25-32(29(35)4)41-54-53-31(6)59-41/h27-30,32-40,51H,11-26H2,1-10H3,(H,52,58)(H,55,56). The van der Waals surface area contributed by atoms with Crippen LogP contribution in [0.3, 0.4) is 0 Å². The third-order valence-corrected chi connectivity index (χ3v) is 21.3. The van der Waals surface area contributed by atoms with Crippen molar-refractivity contribution in [2.45, 2.75) is 189 Å². The molecule has 0 radical (unpaired) electrons. The average Bonchev–Trinajstić information content (AvgIpc) is 3.52. The number of ether oxygens (including phenoxy) is 1. The molecule has 60 heavy (non-hydrogen) atoms. The van der Waals surface area contributed by atoms with E-state index in [1.54, 1.807) is 0 Å². The number of hydrogen-bond acceptors (Lipinski definition) is 8. The molecule has 8 aliphatic rings. The Morgan fingerprint density at radius 1 is 0.800 bits per heavy atom. The highest BCUT2D eigenvalue weighted by molar-refractivity contribution is 5.84. The lowest BCUT2D eigenvalue weighted by Crippen LogP contribution is -2.74. The van der Waals surface area contributed by atoms with E-state index in [9.17, 15) is 14.7 Å². The fourth-order valence-corrected chi connectivity index (χ4v) is 16.8. The Hall–Kier alpha value is -2.49. The summed E-state index contributed by atoms with van der Waals surface area (Å²) in [7, 11) is 0. The van der Waals surface area contributed by atoms with Crippen LogP contribution in [0.2, 0.25) is 0 Å². The van der Waals surface area contributed by atoms with Crippen LogP contribution in [0.25, 0.3) is 0 Å². The third kappa shape index (κ3) is 6.17. The molecule has 1 amide bonds. The number of rotatable bonds is 11. The summed E-state index contributed by atoms with van der Waals surface area (Å²) in [5.41, 5.74) is 0.0335. The van der Waals surface area contributed by atoms with Crippen LogP contribution in [0.5, 0.6) is 0 Å². The Kier molecular flexibility index (Phi) is 10.4. The van der Waals surface area contributed by atoms with Crippen LogP contribution in [-0.2, 0) is 19.1 Å². The second kappa shape index (κ2) is 14.5. The molecule has 1 heterocycles. The number of aromatic nitrogens is 2. The van der Waals surface area contributed by atoms with Gasteiger partial charge in [0, 0.05) is 36.4 Å². The van der Waals surface area contributed by atoms with Gasteiger partial charge in [0.25, 0.3) is 0 Å². The fraction of sp³-hybridized carbons (Fsp3) is 0.900. The van der Waals surface area contributed by atoms with Crippen molar-refractivity contribution >= 4 is 17.8 Å². The van der Waals surface area contributed by atoms with Gasteiger partial charge in [-0.25, -0.2) is 0 Å². The molecule has 8 saturated carbocycles. The number of carbonyl (C=O) groups is 3. The number of hydrogen-bond donors (Lipinski definition) is 3. The summed E-state index contributed by atoms with van der Waals surface area (Å²) in [6, 6.07) is 0.136. The maximum absolute atomic E-state index is 15.0. The van der Waals surface area contributed by atoms with E-state index in [1.807, 2.05) is 13.8 Å². The number of carboxylic acids is 1. The molecule has 17 atom stereocenters. The molecule has 0 aliphatic heterocycles. The van der Waals surface area contributed by atoms with Gasteiger partial charge in [0.05, 0.1) is 17.3 Å². The molecule has 8 fully saturated rings. The molecule has 0 saturated heterocycles. The molecular weight excluding hydrogens is 753 g/mol. The van der Waals surface area contributed by atoms with E-state index in [0.29, 0.717) is 65.0 Å². The highest BCUT2D eigenvalue weighted by Crippen LogP contribution is 2.75. The largest absolute Gasteiger partial charge is 0.481 e. The minimum atomic E-state index is -0.800. The lowest BCUT2D eigenvalue weighted by atomic mass is 9.34. The van der Waals surface area contributed by atoms with Gasteiger partial charge in [-0.15, -0.1) is 10.2 Å². The number of nitrogens with zero attached hydrogens (tertiary/aromatic N) is 2. The second-order valence-electron chi connectivity index (χ2n) is 24.0. The number of aryl methyl sites for hydroxylation is 1. The molecule has 0 aromatic carbocycles. The monoisotopic (exact) mass is 831 g/mol. The summed E-state index contributed by atoms with van der Waals surface area (Å²) in [6.07, 6.45) is 15.5. The summed E-state index contributed by atoms with van der Waals surface area (Å²) in [5.74, 6) is 2.76. The Labute approximate surface area is 360 Å². The zero-order valence-corrected chi connectivity index (χ0v) is 38.7. The number of aliphatic carboxylic acids is 1. The molecule has 0 spiro atoms. The van der Waals surface area contributed by atoms with Gasteiger partial charge in [-0.1, -0.05) is 68.7 Å². The van der Waals surface area contributed by atoms with E-state index in [4.69, 9.17) is 9.15 Å². The first-order valence-electron chi connectivity index (χ1n) is 24.5.